The van der Waals surface area contributed by atoms with E-state index in [1.54, 1.807) is 42.5 Å². The lowest BCUT2D eigenvalue weighted by Gasteiger charge is -2.13. The predicted octanol–water partition coefficient (Wildman–Crippen LogP) is 1.79. The molecule has 1 unspecified atom stereocenters. The first-order valence-electron chi connectivity index (χ1n) is 8.16. The van der Waals surface area contributed by atoms with E-state index in [9.17, 15) is 18.0 Å². The summed E-state index contributed by atoms with van der Waals surface area (Å²) in [5, 5.41) is 0. The van der Waals surface area contributed by atoms with Crippen LogP contribution in [0.5, 0.6) is 0 Å². The number of rotatable bonds is 6. The van der Waals surface area contributed by atoms with Gasteiger partial charge in [0.1, 0.15) is 5.75 Å². The molecule has 0 saturated heterocycles. The molecule has 1 aliphatic rings. The largest absolute Gasteiger partial charge is 0.465 e. The zero-order chi connectivity index (χ0) is 20.3. The second-order valence-corrected chi connectivity index (χ2v) is 7.48. The van der Waals surface area contributed by atoms with Crippen molar-refractivity contribution in [3.05, 3.63) is 82.9 Å². The Hall–Kier alpha value is -3.33. The van der Waals surface area contributed by atoms with E-state index in [-0.39, 0.29) is 11.1 Å². The van der Waals surface area contributed by atoms with E-state index in [0.717, 1.165) is 0 Å². The van der Waals surface area contributed by atoms with Crippen LogP contribution in [0.1, 0.15) is 27.6 Å². The second-order valence-electron chi connectivity index (χ2n) is 5.91. The number of carbonyl (C=O) groups is 2. The van der Waals surface area contributed by atoms with Crippen LogP contribution < -0.4 is 5.73 Å². The fraction of sp³-hybridized carbons (Fsp3) is 0.158. The number of carbonyl (C=O) groups excluding carboxylic acids is 2. The van der Waals surface area contributed by atoms with Crippen LogP contribution in [0.15, 0.2) is 66.2 Å². The normalized spacial score (nSPS) is 16.6. The molecule has 0 spiro atoms. The minimum Gasteiger partial charge on any atom is -0.465 e. The molecule has 0 aliphatic carbocycles. The average molecular weight is 403 g/mol. The Kier molecular flexibility index (Phi) is 5.36. The smallest absolute Gasteiger partial charge is 0.338 e. The number of methoxy groups -OCH3 is 1. The average Bonchev–Trinajstić information content (AvgIpc) is 2.95. The lowest BCUT2D eigenvalue weighted by Crippen LogP contribution is -2.18. The van der Waals surface area contributed by atoms with Crippen molar-refractivity contribution in [3.8, 4) is 0 Å². The molecule has 9 heteroatoms. The molecule has 0 aromatic heterocycles. The molecule has 0 fully saturated rings. The van der Waals surface area contributed by atoms with Crippen molar-refractivity contribution in [2.45, 2.75) is 11.9 Å². The third kappa shape index (κ3) is 3.99. The van der Waals surface area contributed by atoms with E-state index in [1.165, 1.54) is 19.2 Å². The van der Waals surface area contributed by atoms with Crippen LogP contribution in [0.2, 0.25) is 0 Å². The summed E-state index contributed by atoms with van der Waals surface area (Å²) in [5.41, 5.74) is 6.47. The highest BCUT2D eigenvalue weighted by Gasteiger charge is 2.41. The lowest BCUT2D eigenvalue weighted by atomic mass is 9.99. The maximum atomic E-state index is 12.7. The SMILES string of the molecule is COC(=O)c1ccccc1C1OC(N)=C(OS(=O)(=O)Cc2ccccc2)C1=O. The Balaban J connectivity index is 1.83. The van der Waals surface area contributed by atoms with Gasteiger partial charge in [0.05, 0.1) is 12.7 Å². The Labute approximate surface area is 161 Å². The van der Waals surface area contributed by atoms with E-state index >= 15 is 0 Å². The number of ether oxygens (including phenoxy) is 2. The van der Waals surface area contributed by atoms with Gasteiger partial charge in [-0.2, -0.15) is 8.42 Å². The third-order valence-electron chi connectivity index (χ3n) is 3.98. The molecular weight excluding hydrogens is 386 g/mol. The van der Waals surface area contributed by atoms with Crippen molar-refractivity contribution in [2.24, 2.45) is 5.73 Å². The number of benzene rings is 2. The van der Waals surface area contributed by atoms with Gasteiger partial charge in [0.15, 0.2) is 6.10 Å². The van der Waals surface area contributed by atoms with Gasteiger partial charge in [-0.1, -0.05) is 48.5 Å². The Morgan fingerprint density at radius 2 is 1.75 bits per heavy atom. The number of ketones is 1. The van der Waals surface area contributed by atoms with E-state index < -0.39 is 45.4 Å². The van der Waals surface area contributed by atoms with Gasteiger partial charge >= 0.3 is 16.1 Å². The highest BCUT2D eigenvalue weighted by atomic mass is 32.2. The predicted molar refractivity (Wildman–Crippen MR) is 98.0 cm³/mol. The van der Waals surface area contributed by atoms with Crippen molar-refractivity contribution < 1.29 is 31.7 Å². The van der Waals surface area contributed by atoms with Crippen molar-refractivity contribution in [2.75, 3.05) is 7.11 Å². The van der Waals surface area contributed by atoms with Crippen LogP contribution in [-0.2, 0) is 34.3 Å². The van der Waals surface area contributed by atoms with Crippen molar-refractivity contribution in [3.63, 3.8) is 0 Å². The number of nitrogens with two attached hydrogens (primary N) is 1. The first kappa shape index (κ1) is 19.4. The Morgan fingerprint density at radius 1 is 1.11 bits per heavy atom. The fourth-order valence-corrected chi connectivity index (χ4v) is 3.80. The quantitative estimate of drug-likeness (QED) is 0.572. The number of hydrogen-bond acceptors (Lipinski definition) is 8. The minimum atomic E-state index is -4.15. The molecule has 1 heterocycles. The standard InChI is InChI=1S/C19H17NO7S/c1-25-19(22)14-10-6-5-9-13(14)16-15(21)17(18(20)26-16)27-28(23,24)11-12-7-3-2-4-8-12/h2-10,16H,11,20H2,1H3. The molecule has 8 nitrogen and oxygen atoms in total. The molecule has 2 aromatic carbocycles. The molecule has 0 saturated carbocycles. The third-order valence-corrected chi connectivity index (χ3v) is 5.08. The van der Waals surface area contributed by atoms with Gasteiger partial charge in [0, 0.05) is 5.56 Å². The fourth-order valence-electron chi connectivity index (χ4n) is 2.72. The van der Waals surface area contributed by atoms with E-state index in [4.69, 9.17) is 19.4 Å². The molecule has 1 aliphatic heterocycles. The van der Waals surface area contributed by atoms with Gasteiger partial charge in [-0.25, -0.2) is 4.79 Å². The van der Waals surface area contributed by atoms with Gasteiger partial charge in [0.2, 0.25) is 17.4 Å². The summed E-state index contributed by atoms with van der Waals surface area (Å²) in [6.07, 6.45) is -1.31. The molecule has 0 amide bonds. The number of Topliss-reactive ketones (excluding diaryl/α,β-unsaturated/α-hetero) is 1. The summed E-state index contributed by atoms with van der Waals surface area (Å²) in [5.74, 6) is -2.99. The Morgan fingerprint density at radius 3 is 2.43 bits per heavy atom. The van der Waals surface area contributed by atoms with Crippen LogP contribution in [0.25, 0.3) is 0 Å². The van der Waals surface area contributed by atoms with Gasteiger partial charge < -0.3 is 19.4 Å². The second kappa shape index (κ2) is 7.73. The summed E-state index contributed by atoms with van der Waals surface area (Å²) in [6.45, 7) is 0. The van der Waals surface area contributed by atoms with Crippen LogP contribution >= 0.6 is 0 Å². The van der Waals surface area contributed by atoms with Crippen molar-refractivity contribution in [1.82, 2.24) is 0 Å². The molecule has 3 rings (SSSR count). The zero-order valence-electron chi connectivity index (χ0n) is 14.8. The van der Waals surface area contributed by atoms with E-state index in [0.29, 0.717) is 5.56 Å². The highest BCUT2D eigenvalue weighted by Crippen LogP contribution is 2.34. The molecule has 2 N–H and O–H groups in total. The van der Waals surface area contributed by atoms with Crippen LogP contribution in [0.4, 0.5) is 0 Å². The molecule has 0 radical (unpaired) electrons. The minimum absolute atomic E-state index is 0.101. The van der Waals surface area contributed by atoms with Crippen molar-refractivity contribution in [1.29, 1.82) is 0 Å². The van der Waals surface area contributed by atoms with Crippen molar-refractivity contribution >= 4 is 21.9 Å². The monoisotopic (exact) mass is 403 g/mol. The first-order valence-corrected chi connectivity index (χ1v) is 9.74. The zero-order valence-corrected chi connectivity index (χ0v) is 15.6. The van der Waals surface area contributed by atoms with Gasteiger partial charge in [-0.05, 0) is 11.6 Å². The van der Waals surface area contributed by atoms with Crippen LogP contribution in [0.3, 0.4) is 0 Å². The summed E-state index contributed by atoms with van der Waals surface area (Å²) in [6, 6.07) is 14.5. The molecule has 28 heavy (non-hydrogen) atoms. The first-order chi connectivity index (χ1) is 13.3. The van der Waals surface area contributed by atoms with Gasteiger partial charge in [-0.3, -0.25) is 4.79 Å². The Bertz CT molecular complexity index is 1040. The summed E-state index contributed by atoms with van der Waals surface area (Å²) < 4.78 is 39.6. The van der Waals surface area contributed by atoms with Crippen LogP contribution in [-0.4, -0.2) is 27.3 Å². The van der Waals surface area contributed by atoms with E-state index in [1.807, 2.05) is 0 Å². The lowest BCUT2D eigenvalue weighted by molar-refractivity contribution is -0.123. The number of esters is 1. The van der Waals surface area contributed by atoms with Gasteiger partial charge in [0.25, 0.3) is 0 Å². The number of hydrogen-bond donors (Lipinski definition) is 1. The maximum Gasteiger partial charge on any atom is 0.338 e. The molecule has 0 bridgehead atoms. The molecule has 1 atom stereocenters. The topological polar surface area (TPSA) is 122 Å². The molecular formula is C19H17NO7S. The summed E-state index contributed by atoms with van der Waals surface area (Å²) in [4.78, 5) is 24.6. The maximum absolute atomic E-state index is 12.7. The summed E-state index contributed by atoms with van der Waals surface area (Å²) in [7, 11) is -2.95. The van der Waals surface area contributed by atoms with E-state index in [2.05, 4.69) is 0 Å². The molecule has 146 valence electrons. The summed E-state index contributed by atoms with van der Waals surface area (Å²) >= 11 is 0. The highest BCUT2D eigenvalue weighted by molar-refractivity contribution is 7.86. The van der Waals surface area contributed by atoms with Crippen LogP contribution in [0, 0.1) is 0 Å². The molecule has 2 aromatic rings. The van der Waals surface area contributed by atoms with Gasteiger partial charge in [-0.15, -0.1) is 0 Å².